The molecule has 8 nitrogen and oxygen atoms in total. The van der Waals surface area contributed by atoms with Crippen LogP contribution in [0.5, 0.6) is 11.5 Å². The molecule has 1 amide bonds. The van der Waals surface area contributed by atoms with Crippen molar-refractivity contribution in [2.75, 3.05) is 13.7 Å². The van der Waals surface area contributed by atoms with E-state index in [1.54, 1.807) is 39.0 Å². The zero-order valence-corrected chi connectivity index (χ0v) is 17.7. The van der Waals surface area contributed by atoms with Crippen LogP contribution in [0.15, 0.2) is 34.5 Å². The number of amidine groups is 1. The molecule has 1 fully saturated rings. The van der Waals surface area contributed by atoms with Gasteiger partial charge in [-0.2, -0.15) is 0 Å². The summed E-state index contributed by atoms with van der Waals surface area (Å²) in [6, 6.07) is 4.21. The topological polar surface area (TPSA) is 94.5 Å². The van der Waals surface area contributed by atoms with Crippen molar-refractivity contribution in [1.29, 1.82) is 0 Å². The van der Waals surface area contributed by atoms with E-state index in [2.05, 4.69) is 4.99 Å². The van der Waals surface area contributed by atoms with Crippen LogP contribution in [0.4, 0.5) is 0 Å². The van der Waals surface area contributed by atoms with Gasteiger partial charge >= 0.3 is 11.9 Å². The van der Waals surface area contributed by atoms with Crippen LogP contribution in [0, 0.1) is 0 Å². The normalized spacial score (nSPS) is 20.9. The minimum absolute atomic E-state index is 0.143. The Hall–Kier alpha value is -2.81. The van der Waals surface area contributed by atoms with E-state index in [1.807, 2.05) is 0 Å². The fourth-order valence-electron chi connectivity index (χ4n) is 3.28. The number of carbonyl (C=O) groups excluding carboxylic acids is 3. The first-order valence-electron chi connectivity index (χ1n) is 9.11. The molecule has 0 spiro atoms. The second-order valence-electron chi connectivity index (χ2n) is 6.49. The number of hydrogen-bond acceptors (Lipinski definition) is 8. The van der Waals surface area contributed by atoms with Crippen LogP contribution in [0.1, 0.15) is 39.3 Å². The Balaban J connectivity index is 2.14. The summed E-state index contributed by atoms with van der Waals surface area (Å²) in [5, 5.41) is 0.230. The second-order valence-corrected chi connectivity index (χ2v) is 7.80. The van der Waals surface area contributed by atoms with E-state index in [1.165, 1.54) is 30.7 Å². The Kier molecular flexibility index (Phi) is 5.97. The van der Waals surface area contributed by atoms with Gasteiger partial charge in [-0.3, -0.25) is 14.5 Å². The zero-order chi connectivity index (χ0) is 21.3. The number of amides is 1. The predicted octanol–water partition coefficient (Wildman–Crippen LogP) is 2.83. The molecular weight excluding hydrogens is 396 g/mol. The van der Waals surface area contributed by atoms with Crippen LogP contribution in [-0.4, -0.2) is 46.9 Å². The number of hydrogen-bond donors (Lipinski definition) is 0. The Morgan fingerprint density at radius 2 is 2.00 bits per heavy atom. The molecule has 2 aliphatic rings. The molecular formula is C20H22N2O6S. The van der Waals surface area contributed by atoms with Crippen LogP contribution >= 0.6 is 11.8 Å². The standard InChI is InChI=1S/C20H22N2O6S/c1-6-27-19(25)16-10(2)21-20-22(18(24)11(3)29-20)17(16)13-7-8-14(28-12(4)23)15(9-13)26-5/h7-9,11,17H,6H2,1-5H3/t11-,17+/m1/s1. The molecule has 2 atom stereocenters. The minimum atomic E-state index is -0.716. The molecule has 0 radical (unpaired) electrons. The summed E-state index contributed by atoms with van der Waals surface area (Å²) in [7, 11) is 1.45. The molecule has 1 aromatic carbocycles. The molecule has 2 aliphatic heterocycles. The fourth-order valence-corrected chi connectivity index (χ4v) is 4.31. The summed E-state index contributed by atoms with van der Waals surface area (Å²) in [6.07, 6.45) is 0. The van der Waals surface area contributed by atoms with E-state index in [0.717, 1.165) is 0 Å². The first-order valence-corrected chi connectivity index (χ1v) is 9.99. The first-order chi connectivity index (χ1) is 13.8. The molecule has 0 N–H and O–H groups in total. The number of benzene rings is 1. The maximum atomic E-state index is 12.9. The molecule has 1 saturated heterocycles. The highest BCUT2D eigenvalue weighted by Gasteiger charge is 2.46. The average molecular weight is 418 g/mol. The van der Waals surface area contributed by atoms with Gasteiger partial charge in [0, 0.05) is 6.92 Å². The van der Waals surface area contributed by atoms with Crippen molar-refractivity contribution in [3.63, 3.8) is 0 Å². The van der Waals surface area contributed by atoms with Gasteiger partial charge in [-0.05, 0) is 38.5 Å². The number of ether oxygens (including phenoxy) is 3. The largest absolute Gasteiger partial charge is 0.493 e. The van der Waals surface area contributed by atoms with Crippen molar-refractivity contribution in [3.8, 4) is 11.5 Å². The Morgan fingerprint density at radius 1 is 1.28 bits per heavy atom. The molecule has 0 saturated carbocycles. The second kappa shape index (κ2) is 8.28. The van der Waals surface area contributed by atoms with Crippen LogP contribution in [-0.2, 0) is 19.1 Å². The number of methoxy groups -OCH3 is 1. The maximum absolute atomic E-state index is 12.9. The summed E-state index contributed by atoms with van der Waals surface area (Å²) >= 11 is 1.35. The van der Waals surface area contributed by atoms with Gasteiger partial charge in [-0.25, -0.2) is 9.79 Å². The molecule has 29 heavy (non-hydrogen) atoms. The van der Waals surface area contributed by atoms with Crippen LogP contribution in [0.2, 0.25) is 0 Å². The molecule has 2 heterocycles. The highest BCUT2D eigenvalue weighted by atomic mass is 32.2. The Bertz CT molecular complexity index is 939. The summed E-state index contributed by atoms with van der Waals surface area (Å²) in [4.78, 5) is 42.9. The SMILES string of the molecule is CCOC(=O)C1=C(C)N=C2S[C@H](C)C(=O)N2[C@H]1c1ccc(OC(C)=O)c(OC)c1. The number of rotatable bonds is 5. The van der Waals surface area contributed by atoms with E-state index in [-0.39, 0.29) is 23.5 Å². The monoisotopic (exact) mass is 418 g/mol. The van der Waals surface area contributed by atoms with Gasteiger partial charge in [-0.15, -0.1) is 0 Å². The van der Waals surface area contributed by atoms with E-state index in [4.69, 9.17) is 14.2 Å². The van der Waals surface area contributed by atoms with E-state index in [0.29, 0.717) is 27.8 Å². The van der Waals surface area contributed by atoms with Gasteiger partial charge in [0.05, 0.1) is 36.3 Å². The Labute approximate surface area is 172 Å². The average Bonchev–Trinajstić information content (AvgIpc) is 2.94. The van der Waals surface area contributed by atoms with Crippen molar-refractivity contribution in [2.24, 2.45) is 4.99 Å². The number of esters is 2. The highest BCUT2D eigenvalue weighted by Crippen LogP contribution is 2.44. The van der Waals surface area contributed by atoms with Gasteiger partial charge in [-0.1, -0.05) is 17.8 Å². The predicted molar refractivity (Wildman–Crippen MR) is 108 cm³/mol. The van der Waals surface area contributed by atoms with Crippen molar-refractivity contribution < 1.29 is 28.6 Å². The van der Waals surface area contributed by atoms with E-state index >= 15 is 0 Å². The van der Waals surface area contributed by atoms with Crippen molar-refractivity contribution >= 4 is 34.8 Å². The lowest BCUT2D eigenvalue weighted by atomic mass is 9.94. The molecule has 0 bridgehead atoms. The van der Waals surface area contributed by atoms with Crippen molar-refractivity contribution in [1.82, 2.24) is 4.90 Å². The summed E-state index contributed by atoms with van der Waals surface area (Å²) in [5.74, 6) is -0.586. The fraction of sp³-hybridized carbons (Fsp3) is 0.400. The first kappa shape index (κ1) is 20.9. The van der Waals surface area contributed by atoms with Crippen molar-refractivity contribution in [3.05, 3.63) is 35.0 Å². The van der Waals surface area contributed by atoms with E-state index < -0.39 is 18.0 Å². The summed E-state index contributed by atoms with van der Waals surface area (Å²) < 4.78 is 15.8. The van der Waals surface area contributed by atoms with Crippen LogP contribution < -0.4 is 9.47 Å². The molecule has 0 unspecified atom stereocenters. The van der Waals surface area contributed by atoms with Gasteiger partial charge in [0.15, 0.2) is 16.7 Å². The third kappa shape index (κ3) is 3.87. The Morgan fingerprint density at radius 3 is 2.62 bits per heavy atom. The molecule has 0 aliphatic carbocycles. The van der Waals surface area contributed by atoms with Gasteiger partial charge < -0.3 is 14.2 Å². The number of nitrogens with zero attached hydrogens (tertiary/aromatic N) is 2. The number of thioether (sulfide) groups is 1. The van der Waals surface area contributed by atoms with Gasteiger partial charge in [0.1, 0.15) is 0 Å². The zero-order valence-electron chi connectivity index (χ0n) is 16.8. The quantitative estimate of drug-likeness (QED) is 0.536. The molecule has 154 valence electrons. The van der Waals surface area contributed by atoms with Crippen LogP contribution in [0.25, 0.3) is 0 Å². The minimum Gasteiger partial charge on any atom is -0.493 e. The van der Waals surface area contributed by atoms with Crippen molar-refractivity contribution in [2.45, 2.75) is 39.0 Å². The van der Waals surface area contributed by atoms with E-state index in [9.17, 15) is 14.4 Å². The van der Waals surface area contributed by atoms with Gasteiger partial charge in [0.2, 0.25) is 5.91 Å². The number of fused-ring (bicyclic) bond motifs is 1. The number of allylic oxidation sites excluding steroid dienone is 1. The third-order valence-corrected chi connectivity index (χ3v) is 5.56. The third-order valence-electron chi connectivity index (χ3n) is 4.51. The van der Waals surface area contributed by atoms with Crippen LogP contribution in [0.3, 0.4) is 0 Å². The lowest BCUT2D eigenvalue weighted by Crippen LogP contribution is -2.40. The lowest BCUT2D eigenvalue weighted by Gasteiger charge is -2.33. The molecule has 9 heteroatoms. The van der Waals surface area contributed by atoms with Gasteiger partial charge in [0.25, 0.3) is 0 Å². The molecule has 1 aromatic rings. The highest BCUT2D eigenvalue weighted by molar-refractivity contribution is 8.15. The molecule has 0 aromatic heterocycles. The maximum Gasteiger partial charge on any atom is 0.338 e. The number of aliphatic imine (C=N–C) groups is 1. The molecule has 3 rings (SSSR count). The smallest absolute Gasteiger partial charge is 0.338 e. The lowest BCUT2D eigenvalue weighted by molar-refractivity contribution is -0.139. The summed E-state index contributed by atoms with van der Waals surface area (Å²) in [6.45, 7) is 6.74. The number of carbonyl (C=O) groups is 3. The summed E-state index contributed by atoms with van der Waals surface area (Å²) in [5.41, 5.74) is 1.41.